The number of nitrogens with two attached hydrogens (primary N) is 1. The minimum absolute atomic E-state index is 0.0650. The topological polar surface area (TPSA) is 92.5 Å². The van der Waals surface area contributed by atoms with Gasteiger partial charge in [-0.25, -0.2) is 0 Å². The summed E-state index contributed by atoms with van der Waals surface area (Å²) in [7, 11) is 0. The third-order valence-electron chi connectivity index (χ3n) is 5.25. The van der Waals surface area contributed by atoms with E-state index in [0.29, 0.717) is 12.2 Å². The van der Waals surface area contributed by atoms with Crippen LogP contribution in [0.25, 0.3) is 0 Å². The summed E-state index contributed by atoms with van der Waals surface area (Å²) in [6.45, 7) is 0.466. The van der Waals surface area contributed by atoms with Crippen molar-refractivity contribution >= 4 is 23.4 Å². The van der Waals surface area contributed by atoms with E-state index in [9.17, 15) is 14.4 Å². The molecule has 25 heavy (non-hydrogen) atoms. The Bertz CT molecular complexity index is 666. The average Bonchev–Trinajstić information content (AvgIpc) is 2.81. The van der Waals surface area contributed by atoms with Crippen LogP contribution in [0.15, 0.2) is 24.3 Å². The summed E-state index contributed by atoms with van der Waals surface area (Å²) in [5.41, 5.74) is 6.03. The molecular weight excluding hydrogens is 318 g/mol. The highest BCUT2D eigenvalue weighted by Gasteiger charge is 2.38. The molecule has 3 amide bonds. The number of likely N-dealkylation sites (tertiary alicyclic amines) is 1. The molecule has 1 atom stereocenters. The summed E-state index contributed by atoms with van der Waals surface area (Å²) in [4.78, 5) is 38.4. The molecule has 0 aromatic heterocycles. The molecule has 1 heterocycles. The molecule has 134 valence electrons. The van der Waals surface area contributed by atoms with Gasteiger partial charge in [0.25, 0.3) is 5.91 Å². The van der Waals surface area contributed by atoms with E-state index in [1.54, 1.807) is 24.3 Å². The van der Waals surface area contributed by atoms with Gasteiger partial charge in [0.1, 0.15) is 0 Å². The maximum Gasteiger partial charge on any atom is 0.250 e. The summed E-state index contributed by atoms with van der Waals surface area (Å²) >= 11 is 0. The minimum Gasteiger partial charge on any atom is -0.366 e. The van der Waals surface area contributed by atoms with Gasteiger partial charge in [-0.1, -0.05) is 37.8 Å². The molecule has 0 bridgehead atoms. The van der Waals surface area contributed by atoms with Crippen LogP contribution in [0.3, 0.4) is 0 Å². The molecule has 3 N–H and O–H groups in total. The van der Waals surface area contributed by atoms with Gasteiger partial charge in [0, 0.05) is 19.0 Å². The van der Waals surface area contributed by atoms with Crippen molar-refractivity contribution in [3.63, 3.8) is 0 Å². The summed E-state index contributed by atoms with van der Waals surface area (Å²) in [6.07, 6.45) is 7.06. The first-order chi connectivity index (χ1) is 12.1. The predicted octanol–water partition coefficient (Wildman–Crippen LogP) is 2.30. The second kappa shape index (κ2) is 7.68. The first-order valence-corrected chi connectivity index (χ1v) is 9.05. The van der Waals surface area contributed by atoms with Gasteiger partial charge in [-0.2, -0.15) is 0 Å². The van der Waals surface area contributed by atoms with Crippen molar-refractivity contribution in [2.75, 3.05) is 11.9 Å². The zero-order valence-electron chi connectivity index (χ0n) is 14.4. The van der Waals surface area contributed by atoms with E-state index in [1.807, 2.05) is 4.90 Å². The number of carbonyl (C=O) groups is 3. The van der Waals surface area contributed by atoms with E-state index in [-0.39, 0.29) is 35.8 Å². The van der Waals surface area contributed by atoms with Crippen LogP contribution in [-0.2, 0) is 9.59 Å². The van der Waals surface area contributed by atoms with E-state index < -0.39 is 5.91 Å². The Hall–Kier alpha value is -2.37. The highest BCUT2D eigenvalue weighted by molar-refractivity contribution is 6.04. The summed E-state index contributed by atoms with van der Waals surface area (Å²) in [6, 6.07) is 6.93. The van der Waals surface area contributed by atoms with Gasteiger partial charge in [-0.05, 0) is 25.0 Å². The van der Waals surface area contributed by atoms with Crippen LogP contribution >= 0.6 is 0 Å². The number of benzene rings is 1. The van der Waals surface area contributed by atoms with Gasteiger partial charge in [0.15, 0.2) is 0 Å². The standard InChI is InChI=1S/C19H25N3O3/c20-18(24)15-9-5-6-10-16(15)21-19(25)13-11-17(23)22(12-13)14-7-3-1-2-4-8-14/h5-6,9-10,13-14H,1-4,7-8,11-12H2,(H2,20,24)(H,21,25)/t13-/m1/s1. The molecule has 1 saturated heterocycles. The lowest BCUT2D eigenvalue weighted by Gasteiger charge is -2.27. The number of nitrogens with zero attached hydrogens (tertiary/aromatic N) is 1. The molecule has 2 fully saturated rings. The number of anilines is 1. The molecule has 6 heteroatoms. The SMILES string of the molecule is NC(=O)c1ccccc1NC(=O)[C@@H]1CC(=O)N(C2CCCCCC2)C1. The van der Waals surface area contributed by atoms with Crippen molar-refractivity contribution in [1.82, 2.24) is 4.90 Å². The number of nitrogens with one attached hydrogen (secondary N) is 1. The highest BCUT2D eigenvalue weighted by atomic mass is 16.2. The second-order valence-electron chi connectivity index (χ2n) is 6.99. The van der Waals surface area contributed by atoms with Crippen molar-refractivity contribution in [3.8, 4) is 0 Å². The quantitative estimate of drug-likeness (QED) is 0.822. The molecule has 1 aromatic rings. The van der Waals surface area contributed by atoms with Crippen LogP contribution in [0.4, 0.5) is 5.69 Å². The number of carbonyl (C=O) groups excluding carboxylic acids is 3. The van der Waals surface area contributed by atoms with Gasteiger partial charge < -0.3 is 16.0 Å². The Morgan fingerprint density at radius 1 is 1.08 bits per heavy atom. The summed E-state index contributed by atoms with van der Waals surface area (Å²) in [5.74, 6) is -1.12. The van der Waals surface area contributed by atoms with Crippen LogP contribution in [0, 0.1) is 5.92 Å². The number of hydrogen-bond donors (Lipinski definition) is 2. The second-order valence-corrected chi connectivity index (χ2v) is 6.99. The lowest BCUT2D eigenvalue weighted by atomic mass is 10.1. The molecule has 1 aliphatic heterocycles. The minimum atomic E-state index is -0.585. The fourth-order valence-corrected chi connectivity index (χ4v) is 3.87. The van der Waals surface area contributed by atoms with Crippen LogP contribution in [-0.4, -0.2) is 35.2 Å². The van der Waals surface area contributed by atoms with Gasteiger partial charge in [-0.15, -0.1) is 0 Å². The molecule has 3 rings (SSSR count). The van der Waals surface area contributed by atoms with Gasteiger partial charge in [-0.3, -0.25) is 14.4 Å². The predicted molar refractivity (Wildman–Crippen MR) is 94.9 cm³/mol. The molecule has 2 aliphatic rings. The third kappa shape index (κ3) is 4.00. The first-order valence-electron chi connectivity index (χ1n) is 9.05. The van der Waals surface area contributed by atoms with Gasteiger partial charge in [0.05, 0.1) is 17.2 Å². The van der Waals surface area contributed by atoms with Crippen LogP contribution < -0.4 is 11.1 Å². The van der Waals surface area contributed by atoms with Gasteiger partial charge in [0.2, 0.25) is 11.8 Å². The number of para-hydroxylation sites is 1. The maximum atomic E-state index is 12.6. The van der Waals surface area contributed by atoms with E-state index in [1.165, 1.54) is 12.8 Å². The summed E-state index contributed by atoms with van der Waals surface area (Å²) < 4.78 is 0. The smallest absolute Gasteiger partial charge is 0.250 e. The number of amides is 3. The zero-order chi connectivity index (χ0) is 17.8. The van der Waals surface area contributed by atoms with E-state index >= 15 is 0 Å². The molecule has 6 nitrogen and oxygen atoms in total. The molecule has 0 spiro atoms. The largest absolute Gasteiger partial charge is 0.366 e. The van der Waals surface area contributed by atoms with Crippen molar-refractivity contribution < 1.29 is 14.4 Å². The fourth-order valence-electron chi connectivity index (χ4n) is 3.87. The van der Waals surface area contributed by atoms with Crippen LogP contribution in [0.1, 0.15) is 55.3 Å². The zero-order valence-corrected chi connectivity index (χ0v) is 14.4. The fraction of sp³-hybridized carbons (Fsp3) is 0.526. The normalized spacial score (nSPS) is 21.8. The van der Waals surface area contributed by atoms with Crippen molar-refractivity contribution in [1.29, 1.82) is 0 Å². The van der Waals surface area contributed by atoms with Gasteiger partial charge >= 0.3 is 0 Å². The monoisotopic (exact) mass is 343 g/mol. The first kappa shape index (κ1) is 17.5. The molecule has 1 aromatic carbocycles. The van der Waals surface area contributed by atoms with Crippen molar-refractivity contribution in [2.45, 2.75) is 51.0 Å². The Kier molecular flexibility index (Phi) is 5.36. The van der Waals surface area contributed by atoms with Crippen LogP contribution in [0.2, 0.25) is 0 Å². The molecule has 1 aliphatic carbocycles. The molecular formula is C19H25N3O3. The highest BCUT2D eigenvalue weighted by Crippen LogP contribution is 2.29. The summed E-state index contributed by atoms with van der Waals surface area (Å²) in [5, 5.41) is 2.77. The maximum absolute atomic E-state index is 12.6. The van der Waals surface area contributed by atoms with E-state index in [4.69, 9.17) is 5.73 Å². The van der Waals surface area contributed by atoms with Crippen molar-refractivity contribution in [2.24, 2.45) is 11.7 Å². The Balaban J connectivity index is 1.66. The number of hydrogen-bond acceptors (Lipinski definition) is 3. The lowest BCUT2D eigenvalue weighted by molar-refractivity contribution is -0.130. The Labute approximate surface area is 147 Å². The Morgan fingerprint density at radius 2 is 1.76 bits per heavy atom. The lowest BCUT2D eigenvalue weighted by Crippen LogP contribution is -2.37. The molecule has 0 radical (unpaired) electrons. The molecule has 0 unspecified atom stereocenters. The Morgan fingerprint density at radius 3 is 2.44 bits per heavy atom. The number of rotatable bonds is 4. The molecule has 1 saturated carbocycles. The average molecular weight is 343 g/mol. The van der Waals surface area contributed by atoms with E-state index in [2.05, 4.69) is 5.32 Å². The van der Waals surface area contributed by atoms with Crippen molar-refractivity contribution in [3.05, 3.63) is 29.8 Å². The van der Waals surface area contributed by atoms with E-state index in [0.717, 1.165) is 25.7 Å². The van der Waals surface area contributed by atoms with Crippen LogP contribution in [0.5, 0.6) is 0 Å². The third-order valence-corrected chi connectivity index (χ3v) is 5.25. The number of primary amides is 1.